The first-order valence-electron chi connectivity index (χ1n) is 13.8. The predicted octanol–water partition coefficient (Wildman–Crippen LogP) is 4.57. The van der Waals surface area contributed by atoms with E-state index in [0.29, 0.717) is 28.4 Å². The molecule has 42 heavy (non-hydrogen) atoms. The van der Waals surface area contributed by atoms with Crippen molar-refractivity contribution in [3.05, 3.63) is 53.3 Å². The Bertz CT molecular complexity index is 1310. The zero-order valence-corrected chi connectivity index (χ0v) is 28.6. The summed E-state index contributed by atoms with van der Waals surface area (Å²) in [5.74, 6) is -0.702. The van der Waals surface area contributed by atoms with Gasteiger partial charge in [-0.25, -0.2) is 4.79 Å². The van der Waals surface area contributed by atoms with Crippen molar-refractivity contribution in [2.45, 2.75) is 77.0 Å². The van der Waals surface area contributed by atoms with Gasteiger partial charge in [-0.15, -0.1) is 11.8 Å². The van der Waals surface area contributed by atoms with E-state index >= 15 is 0 Å². The maximum Gasteiger partial charge on any atom is 0.342 e. The molecule has 3 rings (SSSR count). The Morgan fingerprint density at radius 1 is 1.12 bits per heavy atom. The van der Waals surface area contributed by atoms with Crippen molar-refractivity contribution in [3.63, 3.8) is 0 Å². The van der Waals surface area contributed by atoms with Gasteiger partial charge in [0.25, 0.3) is 5.91 Å². The number of amides is 2. The number of hydrogen-bond acceptors (Lipinski definition) is 9. The molecule has 228 valence electrons. The quantitative estimate of drug-likeness (QED) is 0.163. The standard InChI is InChI=1S/C29H41N3O7SSi2/c1-10-11-20-17-40-28-24(27(35)32(28)25(20)29(36)39-42(7,8)9)31-26(34)23(30-18(2)16-22(33)37-3)19-12-14-21(15-13-19)38-41(4,5)6/h10-15,23-24,28H,16-17H2,1-9H3,(H,31,34)/t23?,24-,28-/m1/s1. The summed E-state index contributed by atoms with van der Waals surface area (Å²) in [5.41, 5.74) is 1.93. The Kier molecular flexibility index (Phi) is 10.7. The zero-order chi connectivity index (χ0) is 31.4. The lowest BCUT2D eigenvalue weighted by molar-refractivity contribution is -0.150. The van der Waals surface area contributed by atoms with Crippen LogP contribution < -0.4 is 9.74 Å². The molecule has 0 bridgehead atoms. The molecule has 2 aliphatic rings. The fourth-order valence-electron chi connectivity index (χ4n) is 4.42. The second-order valence-corrected chi connectivity index (χ2v) is 22.0. The first-order valence-corrected chi connectivity index (χ1v) is 21.6. The molecule has 1 fully saturated rings. The topological polar surface area (TPSA) is 124 Å². The van der Waals surface area contributed by atoms with E-state index in [-0.39, 0.29) is 12.1 Å². The van der Waals surface area contributed by atoms with Crippen molar-refractivity contribution in [2.24, 2.45) is 4.99 Å². The second kappa shape index (κ2) is 13.4. The van der Waals surface area contributed by atoms with Gasteiger partial charge < -0.3 is 18.9 Å². The third kappa shape index (κ3) is 8.45. The number of ether oxygens (including phenoxy) is 1. The number of nitrogens with zero attached hydrogens (tertiary/aromatic N) is 2. The molecule has 13 heteroatoms. The molecule has 0 aliphatic carbocycles. The Morgan fingerprint density at radius 3 is 2.31 bits per heavy atom. The van der Waals surface area contributed by atoms with Crippen LogP contribution in [0.1, 0.15) is 31.9 Å². The van der Waals surface area contributed by atoms with Crippen molar-refractivity contribution in [3.8, 4) is 5.75 Å². The fraction of sp³-hybridized carbons (Fsp3) is 0.483. The summed E-state index contributed by atoms with van der Waals surface area (Å²) in [6, 6.07) is 5.23. The van der Waals surface area contributed by atoms with Crippen molar-refractivity contribution < 1.29 is 32.8 Å². The first kappa shape index (κ1) is 33.3. The minimum Gasteiger partial charge on any atom is -0.544 e. The van der Waals surface area contributed by atoms with Gasteiger partial charge in [-0.2, -0.15) is 0 Å². The van der Waals surface area contributed by atoms with Gasteiger partial charge >= 0.3 is 11.9 Å². The smallest absolute Gasteiger partial charge is 0.342 e. The third-order valence-electron chi connectivity index (χ3n) is 6.10. The minimum absolute atomic E-state index is 0.0766. The lowest BCUT2D eigenvalue weighted by atomic mass is 10.0. The highest BCUT2D eigenvalue weighted by atomic mass is 32.2. The van der Waals surface area contributed by atoms with Gasteiger partial charge in [-0.1, -0.05) is 24.3 Å². The number of rotatable bonds is 11. The number of benzene rings is 1. The number of β-lactam (4-membered cyclic amide) rings is 1. The molecule has 2 heterocycles. The number of fused-ring (bicyclic) bond motifs is 1. The number of methoxy groups -OCH3 is 1. The molecule has 1 aromatic carbocycles. The summed E-state index contributed by atoms with van der Waals surface area (Å²) in [4.78, 5) is 58.1. The molecule has 0 spiro atoms. The van der Waals surface area contributed by atoms with Gasteiger partial charge in [0.15, 0.2) is 6.04 Å². The van der Waals surface area contributed by atoms with Crippen LogP contribution in [0.4, 0.5) is 0 Å². The summed E-state index contributed by atoms with van der Waals surface area (Å²) in [7, 11) is -2.77. The summed E-state index contributed by atoms with van der Waals surface area (Å²) in [5, 5.41) is 2.40. The third-order valence-corrected chi connectivity index (χ3v) is 9.05. The van der Waals surface area contributed by atoms with Crippen LogP contribution in [0, 0.1) is 0 Å². The molecule has 0 saturated carbocycles. The number of carbonyl (C=O) groups excluding carboxylic acids is 4. The molecule has 2 aliphatic heterocycles. The van der Waals surface area contributed by atoms with Crippen LogP contribution in [0.2, 0.25) is 39.3 Å². The number of aliphatic imine (C=N–C) groups is 1. The number of hydrogen-bond donors (Lipinski definition) is 1. The van der Waals surface area contributed by atoms with E-state index in [1.54, 1.807) is 31.2 Å². The first-order chi connectivity index (χ1) is 19.5. The number of allylic oxidation sites excluding steroid dienone is 2. The molecule has 0 aromatic heterocycles. The van der Waals surface area contributed by atoms with E-state index in [4.69, 9.17) is 13.6 Å². The normalized spacial score (nSPS) is 20.1. The Morgan fingerprint density at radius 2 is 1.76 bits per heavy atom. The van der Waals surface area contributed by atoms with Crippen molar-refractivity contribution >= 4 is 57.9 Å². The van der Waals surface area contributed by atoms with E-state index in [9.17, 15) is 19.2 Å². The number of carbonyl (C=O) groups is 4. The molecular weight excluding hydrogens is 591 g/mol. The average Bonchev–Trinajstić information content (AvgIpc) is 2.88. The Balaban J connectivity index is 1.88. The van der Waals surface area contributed by atoms with Crippen molar-refractivity contribution in [1.29, 1.82) is 0 Å². The molecule has 3 atom stereocenters. The molecular formula is C29H41N3O7SSi2. The maximum absolute atomic E-state index is 13.7. The lowest BCUT2D eigenvalue weighted by Gasteiger charge is -2.50. The number of thioether (sulfide) groups is 1. The molecule has 1 saturated heterocycles. The van der Waals surface area contributed by atoms with Crippen LogP contribution >= 0.6 is 11.8 Å². The van der Waals surface area contributed by atoms with E-state index in [1.807, 2.05) is 38.7 Å². The van der Waals surface area contributed by atoms with E-state index < -0.39 is 57.8 Å². The van der Waals surface area contributed by atoms with Crippen LogP contribution in [0.15, 0.2) is 52.7 Å². The van der Waals surface area contributed by atoms with Gasteiger partial charge in [0, 0.05) is 11.5 Å². The summed E-state index contributed by atoms with van der Waals surface area (Å²) >= 11 is 1.47. The maximum atomic E-state index is 13.7. The predicted molar refractivity (Wildman–Crippen MR) is 169 cm³/mol. The van der Waals surface area contributed by atoms with Crippen LogP contribution in [0.5, 0.6) is 5.75 Å². The van der Waals surface area contributed by atoms with Gasteiger partial charge in [0.2, 0.25) is 22.5 Å². The zero-order valence-electron chi connectivity index (χ0n) is 25.8. The number of nitrogens with one attached hydrogen (secondary N) is 1. The van der Waals surface area contributed by atoms with Gasteiger partial charge in [-0.05, 0) is 76.4 Å². The minimum atomic E-state index is -2.23. The van der Waals surface area contributed by atoms with Crippen LogP contribution in [0.3, 0.4) is 0 Å². The molecule has 1 N–H and O–H groups in total. The number of esters is 1. The SMILES string of the molecule is CC=CC1=C(C(=O)O[Si](C)(C)C)N2C(=O)[C@@H](NC(=O)C(N=C(C)CC(=O)OC)c3ccc(O[Si](C)(C)C)cc3)[C@H]2SC1. The van der Waals surface area contributed by atoms with Crippen LogP contribution in [-0.4, -0.2) is 75.3 Å². The van der Waals surface area contributed by atoms with Crippen LogP contribution in [0.25, 0.3) is 0 Å². The molecule has 2 amide bonds. The average molecular weight is 632 g/mol. The largest absolute Gasteiger partial charge is 0.544 e. The molecule has 1 aromatic rings. The van der Waals surface area contributed by atoms with Crippen molar-refractivity contribution in [2.75, 3.05) is 12.9 Å². The van der Waals surface area contributed by atoms with E-state index in [1.165, 1.54) is 23.8 Å². The lowest BCUT2D eigenvalue weighted by Crippen LogP contribution is -2.71. The molecule has 10 nitrogen and oxygen atoms in total. The van der Waals surface area contributed by atoms with Crippen molar-refractivity contribution in [1.82, 2.24) is 10.2 Å². The highest BCUT2D eigenvalue weighted by molar-refractivity contribution is 8.00. The second-order valence-electron chi connectivity index (χ2n) is 12.1. The van der Waals surface area contributed by atoms with Gasteiger partial charge in [-0.3, -0.25) is 24.3 Å². The van der Waals surface area contributed by atoms with E-state index in [0.717, 1.165) is 0 Å². The van der Waals surface area contributed by atoms with E-state index in [2.05, 4.69) is 30.0 Å². The highest BCUT2D eigenvalue weighted by Crippen LogP contribution is 2.41. The molecule has 1 unspecified atom stereocenters. The fourth-order valence-corrected chi connectivity index (χ4v) is 7.24. The summed E-state index contributed by atoms with van der Waals surface area (Å²) in [6.45, 7) is 15.4. The summed E-state index contributed by atoms with van der Waals surface area (Å²) in [6.07, 6.45) is 3.56. The van der Waals surface area contributed by atoms with Gasteiger partial charge in [0.1, 0.15) is 22.9 Å². The monoisotopic (exact) mass is 631 g/mol. The van der Waals surface area contributed by atoms with Crippen LogP contribution in [-0.2, 0) is 28.3 Å². The molecule has 0 radical (unpaired) electrons. The Labute approximate surface area is 254 Å². The highest BCUT2D eigenvalue weighted by Gasteiger charge is 2.54. The Hall–Kier alpha value is -3.17. The van der Waals surface area contributed by atoms with Gasteiger partial charge in [0.05, 0.1) is 13.5 Å². The summed E-state index contributed by atoms with van der Waals surface area (Å²) < 4.78 is 16.5.